The zero-order valence-electron chi connectivity index (χ0n) is 14.5. The molecule has 0 aromatic heterocycles. The summed E-state index contributed by atoms with van der Waals surface area (Å²) in [6.07, 6.45) is 0.0597. The number of rotatable bonds is 7. The van der Waals surface area contributed by atoms with E-state index in [1.807, 2.05) is 12.1 Å². The van der Waals surface area contributed by atoms with Gasteiger partial charge in [-0.1, -0.05) is 23.7 Å². The van der Waals surface area contributed by atoms with Crippen molar-refractivity contribution in [1.82, 2.24) is 5.32 Å². The van der Waals surface area contributed by atoms with Crippen molar-refractivity contribution in [1.29, 1.82) is 0 Å². The first-order valence-corrected chi connectivity index (χ1v) is 8.24. The third-order valence-corrected chi connectivity index (χ3v) is 3.67. The molecule has 0 unspecified atom stereocenters. The third-order valence-electron chi connectivity index (χ3n) is 3.37. The fraction of sp³-hybridized carbons (Fsp3) is 0.316. The van der Waals surface area contributed by atoms with Gasteiger partial charge in [0.15, 0.2) is 0 Å². The maximum Gasteiger partial charge on any atom is 0.223 e. The van der Waals surface area contributed by atoms with Crippen LogP contribution in [0.15, 0.2) is 42.5 Å². The molecule has 0 aliphatic heterocycles. The second-order valence-corrected chi connectivity index (χ2v) is 6.72. The van der Waals surface area contributed by atoms with Gasteiger partial charge in [0, 0.05) is 12.6 Å². The Morgan fingerprint density at radius 3 is 2.36 bits per heavy atom. The van der Waals surface area contributed by atoms with E-state index in [2.05, 4.69) is 5.32 Å². The SMILES string of the molecule is COc1ccc(Oc2ccc(CNC(=O)CC(C)(C)O)cc2)c(Cl)c1. The number of nitrogens with one attached hydrogen (secondary N) is 1. The minimum atomic E-state index is -1.01. The number of hydrogen-bond acceptors (Lipinski definition) is 4. The Kier molecular flexibility index (Phi) is 6.28. The van der Waals surface area contributed by atoms with Gasteiger partial charge in [-0.3, -0.25) is 4.79 Å². The minimum absolute atomic E-state index is 0.0597. The highest BCUT2D eigenvalue weighted by Gasteiger charge is 2.17. The van der Waals surface area contributed by atoms with Crippen molar-refractivity contribution in [2.24, 2.45) is 0 Å². The Morgan fingerprint density at radius 2 is 1.80 bits per heavy atom. The number of carbonyl (C=O) groups excluding carboxylic acids is 1. The normalized spacial score (nSPS) is 11.1. The van der Waals surface area contributed by atoms with Gasteiger partial charge in [-0.05, 0) is 43.7 Å². The lowest BCUT2D eigenvalue weighted by Gasteiger charge is -2.16. The van der Waals surface area contributed by atoms with Crippen LogP contribution in [0.3, 0.4) is 0 Å². The van der Waals surface area contributed by atoms with Crippen molar-refractivity contribution in [2.75, 3.05) is 7.11 Å². The molecule has 2 aromatic rings. The summed E-state index contributed by atoms with van der Waals surface area (Å²) >= 11 is 6.15. The highest BCUT2D eigenvalue weighted by Crippen LogP contribution is 2.32. The molecule has 0 bridgehead atoms. The monoisotopic (exact) mass is 363 g/mol. The molecular weight excluding hydrogens is 342 g/mol. The summed E-state index contributed by atoms with van der Waals surface area (Å²) in [5.41, 5.74) is -0.0864. The zero-order chi connectivity index (χ0) is 18.4. The third kappa shape index (κ3) is 6.29. The zero-order valence-corrected chi connectivity index (χ0v) is 15.3. The van der Waals surface area contributed by atoms with Crippen LogP contribution in [0.2, 0.25) is 5.02 Å². The van der Waals surface area contributed by atoms with Crippen molar-refractivity contribution in [2.45, 2.75) is 32.4 Å². The molecule has 1 amide bonds. The summed E-state index contributed by atoms with van der Waals surface area (Å²) in [5.74, 6) is 1.64. The van der Waals surface area contributed by atoms with Crippen molar-refractivity contribution < 1.29 is 19.4 Å². The number of hydrogen-bond donors (Lipinski definition) is 2. The molecule has 0 atom stereocenters. The smallest absolute Gasteiger partial charge is 0.223 e. The van der Waals surface area contributed by atoms with Crippen LogP contribution in [0.4, 0.5) is 0 Å². The molecule has 0 saturated heterocycles. The second-order valence-electron chi connectivity index (χ2n) is 6.31. The second kappa shape index (κ2) is 8.23. The maximum absolute atomic E-state index is 11.7. The predicted octanol–water partition coefficient (Wildman–Crippen LogP) is 3.92. The molecule has 0 aliphatic carbocycles. The van der Waals surface area contributed by atoms with Gasteiger partial charge in [0.2, 0.25) is 5.91 Å². The van der Waals surface area contributed by atoms with Gasteiger partial charge in [0.25, 0.3) is 0 Å². The molecule has 0 heterocycles. The van der Waals surface area contributed by atoms with E-state index in [-0.39, 0.29) is 12.3 Å². The molecule has 0 radical (unpaired) electrons. The molecule has 6 heteroatoms. The maximum atomic E-state index is 11.7. The number of ether oxygens (including phenoxy) is 2. The van der Waals surface area contributed by atoms with Gasteiger partial charge in [0.05, 0.1) is 24.2 Å². The van der Waals surface area contributed by atoms with Gasteiger partial charge in [-0.25, -0.2) is 0 Å². The summed E-state index contributed by atoms with van der Waals surface area (Å²) in [7, 11) is 1.57. The van der Waals surface area contributed by atoms with E-state index in [1.54, 1.807) is 51.3 Å². The van der Waals surface area contributed by atoms with E-state index in [4.69, 9.17) is 21.1 Å². The summed E-state index contributed by atoms with van der Waals surface area (Å²) in [6.45, 7) is 3.59. The van der Waals surface area contributed by atoms with Crippen molar-refractivity contribution in [3.63, 3.8) is 0 Å². The number of benzene rings is 2. The minimum Gasteiger partial charge on any atom is -0.497 e. The van der Waals surface area contributed by atoms with Crippen LogP contribution in [-0.4, -0.2) is 23.7 Å². The molecule has 0 fully saturated rings. The molecule has 2 aromatic carbocycles. The van der Waals surface area contributed by atoms with Gasteiger partial charge >= 0.3 is 0 Å². The predicted molar refractivity (Wildman–Crippen MR) is 97.3 cm³/mol. The molecule has 2 N–H and O–H groups in total. The van der Waals surface area contributed by atoms with E-state index in [1.165, 1.54) is 0 Å². The van der Waals surface area contributed by atoms with Gasteiger partial charge < -0.3 is 19.9 Å². The van der Waals surface area contributed by atoms with Gasteiger partial charge in [0.1, 0.15) is 17.2 Å². The lowest BCUT2D eigenvalue weighted by molar-refractivity contribution is -0.125. The van der Waals surface area contributed by atoms with E-state index >= 15 is 0 Å². The molecule has 0 saturated carbocycles. The number of aliphatic hydroxyl groups is 1. The standard InChI is InChI=1S/C19H22ClNO4/c1-19(2,23)11-18(22)21-12-13-4-6-14(7-5-13)25-17-9-8-15(24-3)10-16(17)20/h4-10,23H,11-12H2,1-3H3,(H,21,22). The summed E-state index contributed by atoms with van der Waals surface area (Å²) in [6, 6.07) is 12.5. The van der Waals surface area contributed by atoms with E-state index < -0.39 is 5.60 Å². The first-order chi connectivity index (χ1) is 11.8. The fourth-order valence-electron chi connectivity index (χ4n) is 2.15. The molecular formula is C19H22ClNO4. The first kappa shape index (κ1) is 19.1. The van der Waals surface area contributed by atoms with Gasteiger partial charge in [-0.2, -0.15) is 0 Å². The van der Waals surface area contributed by atoms with E-state index in [9.17, 15) is 9.90 Å². The molecule has 0 spiro atoms. The average molecular weight is 364 g/mol. The lowest BCUT2D eigenvalue weighted by atomic mass is 10.1. The molecule has 2 rings (SSSR count). The van der Waals surface area contributed by atoms with Crippen LogP contribution >= 0.6 is 11.6 Å². The average Bonchev–Trinajstić information content (AvgIpc) is 2.54. The fourth-order valence-corrected chi connectivity index (χ4v) is 2.36. The van der Waals surface area contributed by atoms with Crippen LogP contribution in [0.25, 0.3) is 0 Å². The van der Waals surface area contributed by atoms with E-state index in [0.29, 0.717) is 28.8 Å². The molecule has 134 valence electrons. The van der Waals surface area contributed by atoms with Crippen molar-refractivity contribution in [3.8, 4) is 17.2 Å². The molecule has 5 nitrogen and oxygen atoms in total. The summed E-state index contributed by atoms with van der Waals surface area (Å²) in [4.78, 5) is 11.7. The summed E-state index contributed by atoms with van der Waals surface area (Å²) < 4.78 is 10.8. The Morgan fingerprint density at radius 1 is 1.16 bits per heavy atom. The van der Waals surface area contributed by atoms with Crippen LogP contribution in [0.5, 0.6) is 17.2 Å². The topological polar surface area (TPSA) is 67.8 Å². The Balaban J connectivity index is 1.93. The highest BCUT2D eigenvalue weighted by atomic mass is 35.5. The first-order valence-electron chi connectivity index (χ1n) is 7.86. The highest BCUT2D eigenvalue weighted by molar-refractivity contribution is 6.32. The largest absolute Gasteiger partial charge is 0.497 e. The van der Waals surface area contributed by atoms with E-state index in [0.717, 1.165) is 5.56 Å². The van der Waals surface area contributed by atoms with Crippen molar-refractivity contribution >= 4 is 17.5 Å². The number of methoxy groups -OCH3 is 1. The molecule has 0 aliphatic rings. The van der Waals surface area contributed by atoms with Crippen LogP contribution in [-0.2, 0) is 11.3 Å². The van der Waals surface area contributed by atoms with Crippen molar-refractivity contribution in [3.05, 3.63) is 53.1 Å². The van der Waals surface area contributed by atoms with Gasteiger partial charge in [-0.15, -0.1) is 0 Å². The van der Waals surface area contributed by atoms with Crippen LogP contribution in [0.1, 0.15) is 25.8 Å². The Hall–Kier alpha value is -2.24. The summed E-state index contributed by atoms with van der Waals surface area (Å²) in [5, 5.41) is 12.9. The molecule has 25 heavy (non-hydrogen) atoms. The quantitative estimate of drug-likeness (QED) is 0.782. The van der Waals surface area contributed by atoms with Crippen LogP contribution in [0, 0.1) is 0 Å². The lowest BCUT2D eigenvalue weighted by Crippen LogP contribution is -2.31. The number of carbonyl (C=O) groups is 1. The Bertz CT molecular complexity index is 723. The van der Waals surface area contributed by atoms with Crippen LogP contribution < -0.4 is 14.8 Å². The number of halogens is 1. The number of amides is 1. The Labute approximate surface area is 152 Å².